The van der Waals surface area contributed by atoms with Crippen LogP contribution in [0.5, 0.6) is 0 Å². The molecule has 1 N–H and O–H groups in total. The maximum atomic E-state index is 12.4. The van der Waals surface area contributed by atoms with Crippen molar-refractivity contribution < 1.29 is 4.79 Å². The molecule has 5 nitrogen and oxygen atoms in total. The van der Waals surface area contributed by atoms with Crippen LogP contribution in [0.4, 0.5) is 0 Å². The molecule has 1 fully saturated rings. The van der Waals surface area contributed by atoms with Gasteiger partial charge in [-0.1, -0.05) is 49.1 Å². The van der Waals surface area contributed by atoms with Gasteiger partial charge in [0.1, 0.15) is 0 Å². The van der Waals surface area contributed by atoms with E-state index in [4.69, 9.17) is 0 Å². The molecular weight excluding hydrogens is 362 g/mol. The van der Waals surface area contributed by atoms with E-state index in [9.17, 15) is 9.59 Å². The fourth-order valence-electron chi connectivity index (χ4n) is 4.25. The first-order valence-electron chi connectivity index (χ1n) is 10.3. The van der Waals surface area contributed by atoms with Gasteiger partial charge in [0.2, 0.25) is 0 Å². The van der Waals surface area contributed by atoms with Crippen LogP contribution in [0.1, 0.15) is 47.6 Å². The zero-order valence-corrected chi connectivity index (χ0v) is 16.6. The second kappa shape index (κ2) is 8.62. The van der Waals surface area contributed by atoms with Crippen molar-refractivity contribution >= 4 is 22.9 Å². The summed E-state index contributed by atoms with van der Waals surface area (Å²) in [6, 6.07) is 15.7. The first kappa shape index (κ1) is 19.4. The minimum atomic E-state index is -0.0160. The second-order valence-corrected chi connectivity index (χ2v) is 7.74. The Morgan fingerprint density at radius 1 is 1.10 bits per heavy atom. The number of carbonyl (C=O) groups excluding carboxylic acids is 1. The molecule has 1 aliphatic rings. The highest BCUT2D eigenvalue weighted by Gasteiger charge is 2.23. The number of aromatic nitrogens is 2. The molecule has 0 radical (unpaired) electrons. The molecule has 1 saturated heterocycles. The van der Waals surface area contributed by atoms with Crippen molar-refractivity contribution in [2.45, 2.75) is 31.7 Å². The van der Waals surface area contributed by atoms with E-state index in [2.05, 4.69) is 16.5 Å². The van der Waals surface area contributed by atoms with Crippen LogP contribution in [0.25, 0.3) is 17.1 Å². The van der Waals surface area contributed by atoms with Gasteiger partial charge in [-0.25, -0.2) is 4.79 Å². The number of rotatable bonds is 7. The molecule has 0 bridgehead atoms. The average molecular weight is 389 g/mol. The van der Waals surface area contributed by atoms with Crippen molar-refractivity contribution in [1.82, 2.24) is 14.5 Å². The van der Waals surface area contributed by atoms with Gasteiger partial charge in [0.05, 0.1) is 11.0 Å². The summed E-state index contributed by atoms with van der Waals surface area (Å²) in [6.45, 7) is 6.57. The van der Waals surface area contributed by atoms with Crippen molar-refractivity contribution in [3.8, 4) is 0 Å². The molecule has 0 unspecified atom stereocenters. The summed E-state index contributed by atoms with van der Waals surface area (Å²) in [5.41, 5.74) is 3.67. The second-order valence-electron chi connectivity index (χ2n) is 7.74. The Kier molecular flexibility index (Phi) is 5.76. The lowest BCUT2D eigenvalue weighted by atomic mass is 10.0. The van der Waals surface area contributed by atoms with Gasteiger partial charge in [0, 0.05) is 31.1 Å². The van der Waals surface area contributed by atoms with Gasteiger partial charge in [0.25, 0.3) is 0 Å². The summed E-state index contributed by atoms with van der Waals surface area (Å²) in [5.74, 6) is 0.195. The number of Topliss-reactive ketones (excluding diaryl/α,β-unsaturated/α-hetero) is 1. The van der Waals surface area contributed by atoms with Gasteiger partial charge in [-0.2, -0.15) is 0 Å². The van der Waals surface area contributed by atoms with Crippen LogP contribution in [0.2, 0.25) is 0 Å². The fraction of sp³-hybridized carbons (Fsp3) is 0.333. The molecule has 0 spiro atoms. The number of aromatic amines is 1. The molecule has 0 atom stereocenters. The fourth-order valence-corrected chi connectivity index (χ4v) is 4.25. The summed E-state index contributed by atoms with van der Waals surface area (Å²) in [7, 11) is 0. The van der Waals surface area contributed by atoms with Crippen molar-refractivity contribution in [2.24, 2.45) is 0 Å². The van der Waals surface area contributed by atoms with Crippen molar-refractivity contribution in [1.29, 1.82) is 0 Å². The van der Waals surface area contributed by atoms with Crippen molar-refractivity contribution in [3.05, 3.63) is 76.7 Å². The standard InChI is InChI=1S/C24H27N3O2/c1-2-18-9-11-19(12-10-18)23(28)8-5-15-26-16-13-20(14-17-26)27-22-7-4-3-6-21(22)25-24(27)29/h2-4,6-7,9-12,20H,1,5,8,13-17H2,(H,25,29). The van der Waals surface area contributed by atoms with Gasteiger partial charge < -0.3 is 9.88 Å². The van der Waals surface area contributed by atoms with E-state index >= 15 is 0 Å². The Labute approximate surface area is 170 Å². The minimum Gasteiger partial charge on any atom is -0.306 e. The van der Waals surface area contributed by atoms with E-state index in [1.54, 1.807) is 6.08 Å². The Bertz CT molecular complexity index is 1050. The number of H-pyrrole nitrogens is 1. The highest BCUT2D eigenvalue weighted by Crippen LogP contribution is 2.25. The van der Waals surface area contributed by atoms with E-state index in [1.165, 1.54) is 0 Å². The molecule has 2 heterocycles. The predicted octanol–water partition coefficient (Wildman–Crippen LogP) is 4.27. The number of nitrogens with one attached hydrogen (secondary N) is 1. The molecule has 0 aliphatic carbocycles. The lowest BCUT2D eigenvalue weighted by molar-refractivity contribution is 0.0970. The van der Waals surface area contributed by atoms with Gasteiger partial charge in [-0.05, 0) is 43.5 Å². The van der Waals surface area contributed by atoms with Gasteiger partial charge in [-0.15, -0.1) is 0 Å². The van der Waals surface area contributed by atoms with Crippen LogP contribution < -0.4 is 5.69 Å². The highest BCUT2D eigenvalue weighted by molar-refractivity contribution is 5.96. The number of hydrogen-bond donors (Lipinski definition) is 1. The SMILES string of the molecule is C=Cc1ccc(C(=O)CCCN2CCC(n3c(=O)[nH]c4ccccc43)CC2)cc1. The topological polar surface area (TPSA) is 58.1 Å². The third kappa shape index (κ3) is 4.25. The minimum absolute atomic E-state index is 0.0160. The third-order valence-electron chi connectivity index (χ3n) is 5.89. The molecule has 1 aliphatic heterocycles. The maximum absolute atomic E-state index is 12.4. The van der Waals surface area contributed by atoms with Crippen LogP contribution in [-0.2, 0) is 0 Å². The van der Waals surface area contributed by atoms with Crippen LogP contribution in [-0.4, -0.2) is 39.9 Å². The van der Waals surface area contributed by atoms with Crippen molar-refractivity contribution in [2.75, 3.05) is 19.6 Å². The smallest absolute Gasteiger partial charge is 0.306 e. The van der Waals surface area contributed by atoms with Crippen LogP contribution in [0, 0.1) is 0 Å². The summed E-state index contributed by atoms with van der Waals surface area (Å²) in [5, 5.41) is 0. The van der Waals surface area contributed by atoms with Gasteiger partial charge in [0.15, 0.2) is 5.78 Å². The summed E-state index contributed by atoms with van der Waals surface area (Å²) >= 11 is 0. The largest absolute Gasteiger partial charge is 0.326 e. The lowest BCUT2D eigenvalue weighted by Crippen LogP contribution is -2.37. The maximum Gasteiger partial charge on any atom is 0.326 e. The van der Waals surface area contributed by atoms with E-state index in [0.717, 1.165) is 61.1 Å². The normalized spacial score (nSPS) is 15.6. The Balaban J connectivity index is 1.28. The number of ketones is 1. The Morgan fingerprint density at radius 3 is 2.55 bits per heavy atom. The predicted molar refractivity (Wildman–Crippen MR) is 117 cm³/mol. The molecular formula is C24H27N3O2. The molecule has 5 heteroatoms. The van der Waals surface area contributed by atoms with Crippen LogP contribution in [0.3, 0.4) is 0 Å². The number of nitrogens with zero attached hydrogens (tertiary/aromatic N) is 2. The zero-order chi connectivity index (χ0) is 20.2. The highest BCUT2D eigenvalue weighted by atomic mass is 16.1. The quantitative estimate of drug-likeness (QED) is 0.614. The monoisotopic (exact) mass is 389 g/mol. The summed E-state index contributed by atoms with van der Waals surface area (Å²) < 4.78 is 1.92. The number of hydrogen-bond acceptors (Lipinski definition) is 3. The zero-order valence-electron chi connectivity index (χ0n) is 16.6. The third-order valence-corrected chi connectivity index (χ3v) is 5.89. The van der Waals surface area contributed by atoms with E-state index in [-0.39, 0.29) is 17.5 Å². The Hall–Kier alpha value is -2.92. The van der Waals surface area contributed by atoms with E-state index < -0.39 is 0 Å². The number of piperidine rings is 1. The summed E-state index contributed by atoms with van der Waals surface area (Å²) in [6.07, 6.45) is 5.12. The van der Waals surface area contributed by atoms with E-state index in [0.29, 0.717) is 6.42 Å². The number of imidazole rings is 1. The molecule has 3 aromatic rings. The molecule has 0 amide bonds. The molecule has 2 aromatic carbocycles. The van der Waals surface area contributed by atoms with Crippen molar-refractivity contribution in [3.63, 3.8) is 0 Å². The molecule has 150 valence electrons. The number of para-hydroxylation sites is 2. The number of benzene rings is 2. The molecule has 29 heavy (non-hydrogen) atoms. The number of likely N-dealkylation sites (tertiary alicyclic amines) is 1. The number of carbonyl (C=O) groups is 1. The average Bonchev–Trinajstić information content (AvgIpc) is 3.10. The van der Waals surface area contributed by atoms with Crippen LogP contribution >= 0.6 is 0 Å². The first-order chi connectivity index (χ1) is 14.2. The number of fused-ring (bicyclic) bond motifs is 1. The lowest BCUT2D eigenvalue weighted by Gasteiger charge is -2.32. The summed E-state index contributed by atoms with van der Waals surface area (Å²) in [4.78, 5) is 30.1. The molecule has 4 rings (SSSR count). The molecule has 0 saturated carbocycles. The van der Waals surface area contributed by atoms with Gasteiger partial charge >= 0.3 is 5.69 Å². The van der Waals surface area contributed by atoms with Crippen LogP contribution in [0.15, 0.2) is 59.9 Å². The van der Waals surface area contributed by atoms with Gasteiger partial charge in [-0.3, -0.25) is 9.36 Å². The van der Waals surface area contributed by atoms with E-state index in [1.807, 2.05) is 53.1 Å². The molecule has 1 aromatic heterocycles. The first-order valence-corrected chi connectivity index (χ1v) is 10.3. The Morgan fingerprint density at radius 2 is 1.83 bits per heavy atom.